The van der Waals surface area contributed by atoms with Gasteiger partial charge in [-0.2, -0.15) is 0 Å². The van der Waals surface area contributed by atoms with Crippen LogP contribution in [0.25, 0.3) is 0 Å². The molecule has 1 saturated heterocycles. The lowest BCUT2D eigenvalue weighted by Crippen LogP contribution is -2.53. The minimum absolute atomic E-state index is 0.150. The number of methoxy groups -OCH3 is 3. The van der Waals surface area contributed by atoms with Gasteiger partial charge in [-0.15, -0.1) is 0 Å². The van der Waals surface area contributed by atoms with Gasteiger partial charge in [-0.3, -0.25) is 4.79 Å². The topological polar surface area (TPSA) is 77.1 Å². The highest BCUT2D eigenvalue weighted by molar-refractivity contribution is 5.86. The molecule has 20 heavy (non-hydrogen) atoms. The van der Waals surface area contributed by atoms with Crippen molar-refractivity contribution in [1.82, 2.24) is 10.2 Å². The highest BCUT2D eigenvalue weighted by atomic mass is 16.5. The number of carbonyl (C=O) groups is 2. The van der Waals surface area contributed by atoms with Crippen molar-refractivity contribution in [2.24, 2.45) is 5.92 Å². The van der Waals surface area contributed by atoms with E-state index in [1.54, 1.807) is 18.9 Å². The number of amides is 2. The Morgan fingerprint density at radius 2 is 2.05 bits per heavy atom. The Labute approximate surface area is 119 Å². The fraction of sp³-hybridized carbons (Fsp3) is 0.846. The van der Waals surface area contributed by atoms with E-state index in [0.29, 0.717) is 25.6 Å². The number of likely N-dealkylation sites (tertiary alicyclic amines) is 1. The van der Waals surface area contributed by atoms with E-state index < -0.39 is 18.2 Å². The Balaban J connectivity index is 2.66. The predicted octanol–water partition coefficient (Wildman–Crippen LogP) is 0.241. The smallest absolute Gasteiger partial charge is 0.407 e. The van der Waals surface area contributed by atoms with E-state index in [4.69, 9.17) is 9.47 Å². The molecule has 1 aliphatic rings. The number of rotatable bonds is 6. The monoisotopic (exact) mass is 288 g/mol. The first-order valence-electron chi connectivity index (χ1n) is 6.68. The number of nitrogens with one attached hydrogen (secondary N) is 1. The average Bonchev–Trinajstić information content (AvgIpc) is 2.92. The van der Waals surface area contributed by atoms with Crippen LogP contribution >= 0.6 is 0 Å². The fourth-order valence-electron chi connectivity index (χ4n) is 2.30. The number of hydrogen-bond donors (Lipinski definition) is 1. The molecule has 0 radical (unpaired) electrons. The van der Waals surface area contributed by atoms with Crippen molar-refractivity contribution in [1.29, 1.82) is 0 Å². The molecule has 1 rings (SSSR count). The first-order chi connectivity index (χ1) is 9.53. The number of ether oxygens (including phenoxy) is 3. The molecule has 116 valence electrons. The summed E-state index contributed by atoms with van der Waals surface area (Å²) in [5, 5.41) is 2.53. The minimum atomic E-state index is -0.742. The van der Waals surface area contributed by atoms with Gasteiger partial charge in [0.1, 0.15) is 6.04 Å². The predicted molar refractivity (Wildman–Crippen MR) is 72.4 cm³/mol. The van der Waals surface area contributed by atoms with Crippen molar-refractivity contribution in [3.05, 3.63) is 0 Å². The lowest BCUT2D eigenvalue weighted by atomic mass is 10.1. The van der Waals surface area contributed by atoms with E-state index >= 15 is 0 Å². The zero-order valence-corrected chi connectivity index (χ0v) is 12.5. The van der Waals surface area contributed by atoms with Crippen LogP contribution in [-0.4, -0.2) is 70.1 Å². The zero-order chi connectivity index (χ0) is 15.1. The third kappa shape index (κ3) is 4.35. The van der Waals surface area contributed by atoms with Crippen LogP contribution in [0.5, 0.6) is 0 Å². The van der Waals surface area contributed by atoms with Crippen LogP contribution in [0, 0.1) is 5.92 Å². The van der Waals surface area contributed by atoms with Crippen molar-refractivity contribution in [3.63, 3.8) is 0 Å². The number of hydrogen-bond acceptors (Lipinski definition) is 5. The molecule has 0 aromatic heterocycles. The summed E-state index contributed by atoms with van der Waals surface area (Å²) in [5.74, 6) is 0.198. The van der Waals surface area contributed by atoms with Crippen LogP contribution in [0.2, 0.25) is 0 Å². The van der Waals surface area contributed by atoms with Crippen LogP contribution in [0.15, 0.2) is 0 Å². The number of alkyl carbamates (subject to hydrolysis) is 1. The molecule has 0 saturated carbocycles. The minimum Gasteiger partial charge on any atom is -0.453 e. The van der Waals surface area contributed by atoms with E-state index in [9.17, 15) is 9.59 Å². The molecule has 0 aromatic rings. The summed E-state index contributed by atoms with van der Waals surface area (Å²) < 4.78 is 14.8. The molecule has 0 aromatic carbocycles. The second-order valence-corrected chi connectivity index (χ2v) is 4.95. The van der Waals surface area contributed by atoms with Crippen LogP contribution in [-0.2, 0) is 19.0 Å². The summed E-state index contributed by atoms with van der Waals surface area (Å²) in [6, 6.07) is -0.742. The van der Waals surface area contributed by atoms with E-state index in [-0.39, 0.29) is 5.91 Å². The third-order valence-corrected chi connectivity index (χ3v) is 3.57. The molecule has 0 aliphatic carbocycles. The second kappa shape index (κ2) is 8.06. The Morgan fingerprint density at radius 1 is 1.35 bits per heavy atom. The number of nitrogens with zero attached hydrogens (tertiary/aromatic N) is 1. The molecule has 0 spiro atoms. The Kier molecular flexibility index (Phi) is 6.74. The van der Waals surface area contributed by atoms with Gasteiger partial charge in [-0.05, 0) is 13.3 Å². The van der Waals surface area contributed by atoms with E-state index in [1.165, 1.54) is 14.2 Å². The van der Waals surface area contributed by atoms with Crippen molar-refractivity contribution in [2.75, 3.05) is 41.0 Å². The van der Waals surface area contributed by atoms with E-state index in [2.05, 4.69) is 10.1 Å². The molecule has 0 unspecified atom stereocenters. The van der Waals surface area contributed by atoms with Gasteiger partial charge in [0.25, 0.3) is 0 Å². The first-order valence-corrected chi connectivity index (χ1v) is 6.68. The second-order valence-electron chi connectivity index (χ2n) is 4.95. The summed E-state index contributed by atoms with van der Waals surface area (Å²) >= 11 is 0. The molecule has 7 heteroatoms. The van der Waals surface area contributed by atoms with Crippen molar-refractivity contribution >= 4 is 12.0 Å². The van der Waals surface area contributed by atoms with Crippen LogP contribution < -0.4 is 5.32 Å². The molecule has 1 fully saturated rings. The van der Waals surface area contributed by atoms with Crippen molar-refractivity contribution in [2.45, 2.75) is 25.5 Å². The quantitative estimate of drug-likeness (QED) is 0.757. The van der Waals surface area contributed by atoms with Gasteiger partial charge >= 0.3 is 6.09 Å². The van der Waals surface area contributed by atoms with Gasteiger partial charge in [0.15, 0.2) is 0 Å². The lowest BCUT2D eigenvalue weighted by molar-refractivity contribution is -0.135. The summed E-state index contributed by atoms with van der Waals surface area (Å²) in [6.07, 6.45) is -0.158. The lowest BCUT2D eigenvalue weighted by Gasteiger charge is -2.27. The maximum Gasteiger partial charge on any atom is 0.407 e. The van der Waals surface area contributed by atoms with E-state index in [1.807, 2.05) is 0 Å². The van der Waals surface area contributed by atoms with Gasteiger partial charge in [0.2, 0.25) is 5.91 Å². The standard InChI is InChI=1S/C13H24N2O5/c1-9(19-3)11(14-13(17)20-4)12(16)15-6-5-10(7-15)8-18-2/h9-11H,5-8H2,1-4H3,(H,14,17)/t9-,10+,11+/m1/s1. The molecular weight excluding hydrogens is 264 g/mol. The Hall–Kier alpha value is -1.34. The van der Waals surface area contributed by atoms with Crippen molar-refractivity contribution in [3.8, 4) is 0 Å². The maximum atomic E-state index is 12.5. The van der Waals surface area contributed by atoms with Gasteiger partial charge < -0.3 is 24.4 Å². The molecule has 1 aliphatic heterocycles. The molecule has 3 atom stereocenters. The average molecular weight is 288 g/mol. The maximum absolute atomic E-state index is 12.5. The first kappa shape index (κ1) is 16.7. The summed E-state index contributed by atoms with van der Waals surface area (Å²) in [6.45, 7) is 3.69. The Bertz CT molecular complexity index is 337. The van der Waals surface area contributed by atoms with Crippen LogP contribution in [0.4, 0.5) is 4.79 Å². The summed E-state index contributed by atoms with van der Waals surface area (Å²) in [4.78, 5) is 25.6. The van der Waals surface area contributed by atoms with Gasteiger partial charge in [0, 0.05) is 33.2 Å². The third-order valence-electron chi connectivity index (χ3n) is 3.57. The fourth-order valence-corrected chi connectivity index (χ4v) is 2.30. The van der Waals surface area contributed by atoms with Crippen LogP contribution in [0.3, 0.4) is 0 Å². The van der Waals surface area contributed by atoms with Crippen molar-refractivity contribution < 1.29 is 23.8 Å². The van der Waals surface area contributed by atoms with Gasteiger partial charge in [-0.1, -0.05) is 0 Å². The molecule has 0 bridgehead atoms. The molecule has 2 amide bonds. The number of carbonyl (C=O) groups excluding carboxylic acids is 2. The highest BCUT2D eigenvalue weighted by Crippen LogP contribution is 2.18. The largest absolute Gasteiger partial charge is 0.453 e. The SMILES string of the molecule is COC[C@H]1CCN(C(=O)[C@@H](NC(=O)OC)[C@@H](C)OC)C1. The molecule has 7 nitrogen and oxygen atoms in total. The molecule has 1 heterocycles. The van der Waals surface area contributed by atoms with E-state index in [0.717, 1.165) is 6.42 Å². The van der Waals surface area contributed by atoms with Gasteiger partial charge in [0.05, 0.1) is 19.8 Å². The Morgan fingerprint density at radius 3 is 2.60 bits per heavy atom. The molecular formula is C13H24N2O5. The normalized spacial score (nSPS) is 21.4. The van der Waals surface area contributed by atoms with Gasteiger partial charge in [-0.25, -0.2) is 4.79 Å². The van der Waals surface area contributed by atoms with Crippen LogP contribution in [0.1, 0.15) is 13.3 Å². The summed E-state index contributed by atoms with van der Waals surface area (Å²) in [7, 11) is 4.42. The molecule has 1 N–H and O–H groups in total. The highest BCUT2D eigenvalue weighted by Gasteiger charge is 2.34. The summed E-state index contributed by atoms with van der Waals surface area (Å²) in [5.41, 5.74) is 0. The zero-order valence-electron chi connectivity index (χ0n) is 12.5.